The van der Waals surface area contributed by atoms with Crippen LogP contribution in [0.5, 0.6) is 0 Å². The van der Waals surface area contributed by atoms with Crippen molar-refractivity contribution in [2.45, 2.75) is 44.4 Å². The highest BCUT2D eigenvalue weighted by Crippen LogP contribution is 2.37. The molecule has 3 nitrogen and oxygen atoms in total. The summed E-state index contributed by atoms with van der Waals surface area (Å²) in [6.07, 6.45) is 2.25. The van der Waals surface area contributed by atoms with E-state index in [1.54, 1.807) is 0 Å². The molecule has 3 heteroatoms. The molecule has 1 aromatic carbocycles. The van der Waals surface area contributed by atoms with Crippen molar-refractivity contribution in [2.24, 2.45) is 0 Å². The molecule has 3 rings (SSSR count). The molecule has 2 aliphatic rings. The summed E-state index contributed by atoms with van der Waals surface area (Å²) in [5.41, 5.74) is 1.31. The summed E-state index contributed by atoms with van der Waals surface area (Å²) in [5, 5.41) is 0. The van der Waals surface area contributed by atoms with Crippen molar-refractivity contribution >= 4 is 0 Å². The van der Waals surface area contributed by atoms with E-state index in [-0.39, 0.29) is 18.2 Å². The first-order valence-electron chi connectivity index (χ1n) is 6.85. The average Bonchev–Trinajstić information content (AvgIpc) is 2.81. The molecule has 2 saturated heterocycles. The number of rotatable bonds is 3. The SMILES string of the molecule is C=C[C@@H]1[C@H]2OC(C)(C)O[C@H]2CN1Cc1ccccc1. The fraction of sp³-hybridized carbons (Fsp3) is 0.500. The quantitative estimate of drug-likeness (QED) is 0.779. The van der Waals surface area contributed by atoms with Gasteiger partial charge in [-0.25, -0.2) is 0 Å². The molecule has 1 aromatic rings. The van der Waals surface area contributed by atoms with Crippen LogP contribution in [-0.2, 0) is 16.0 Å². The maximum atomic E-state index is 6.01. The van der Waals surface area contributed by atoms with Crippen LogP contribution in [0.4, 0.5) is 0 Å². The van der Waals surface area contributed by atoms with E-state index in [2.05, 4.69) is 35.7 Å². The fourth-order valence-electron chi connectivity index (χ4n) is 3.13. The Morgan fingerprint density at radius 1 is 1.32 bits per heavy atom. The number of benzene rings is 1. The van der Waals surface area contributed by atoms with Crippen LogP contribution < -0.4 is 0 Å². The Balaban J connectivity index is 1.74. The Morgan fingerprint density at radius 2 is 2.05 bits per heavy atom. The minimum atomic E-state index is -0.463. The minimum absolute atomic E-state index is 0.108. The van der Waals surface area contributed by atoms with Gasteiger partial charge in [-0.3, -0.25) is 4.90 Å². The summed E-state index contributed by atoms with van der Waals surface area (Å²) in [6.45, 7) is 9.74. The van der Waals surface area contributed by atoms with Crippen LogP contribution in [0.15, 0.2) is 43.0 Å². The molecular weight excluding hydrogens is 238 g/mol. The van der Waals surface area contributed by atoms with Crippen molar-refractivity contribution in [1.29, 1.82) is 0 Å². The first-order valence-corrected chi connectivity index (χ1v) is 6.85. The van der Waals surface area contributed by atoms with E-state index in [1.165, 1.54) is 5.56 Å². The van der Waals surface area contributed by atoms with Gasteiger partial charge in [-0.15, -0.1) is 6.58 Å². The summed E-state index contributed by atoms with van der Waals surface area (Å²) < 4.78 is 12.0. The van der Waals surface area contributed by atoms with Crippen molar-refractivity contribution in [3.05, 3.63) is 48.6 Å². The maximum Gasteiger partial charge on any atom is 0.163 e. The highest BCUT2D eigenvalue weighted by molar-refractivity contribution is 5.17. The van der Waals surface area contributed by atoms with Crippen LogP contribution in [0, 0.1) is 0 Å². The summed E-state index contributed by atoms with van der Waals surface area (Å²) in [5.74, 6) is -0.463. The molecule has 19 heavy (non-hydrogen) atoms. The average molecular weight is 259 g/mol. The zero-order chi connectivity index (χ0) is 13.5. The van der Waals surface area contributed by atoms with Gasteiger partial charge in [-0.05, 0) is 19.4 Å². The van der Waals surface area contributed by atoms with Crippen LogP contribution in [0.3, 0.4) is 0 Å². The van der Waals surface area contributed by atoms with E-state index in [9.17, 15) is 0 Å². The third-order valence-electron chi connectivity index (χ3n) is 3.86. The van der Waals surface area contributed by atoms with Crippen LogP contribution in [-0.4, -0.2) is 35.5 Å². The van der Waals surface area contributed by atoms with Gasteiger partial charge in [-0.2, -0.15) is 0 Å². The number of fused-ring (bicyclic) bond motifs is 1. The summed E-state index contributed by atoms with van der Waals surface area (Å²) in [6, 6.07) is 10.7. The third-order valence-corrected chi connectivity index (χ3v) is 3.86. The first-order chi connectivity index (χ1) is 9.09. The second-order valence-electron chi connectivity index (χ2n) is 5.78. The lowest BCUT2D eigenvalue weighted by molar-refractivity contribution is -0.159. The van der Waals surface area contributed by atoms with Gasteiger partial charge in [0.15, 0.2) is 5.79 Å². The first kappa shape index (κ1) is 12.9. The third kappa shape index (κ3) is 2.46. The minimum Gasteiger partial charge on any atom is -0.343 e. The van der Waals surface area contributed by atoms with E-state index in [0.717, 1.165) is 13.1 Å². The Morgan fingerprint density at radius 3 is 2.74 bits per heavy atom. The number of likely N-dealkylation sites (tertiary alicyclic amines) is 1. The molecule has 0 radical (unpaired) electrons. The zero-order valence-corrected chi connectivity index (χ0v) is 11.6. The summed E-state index contributed by atoms with van der Waals surface area (Å²) in [4.78, 5) is 2.38. The van der Waals surface area contributed by atoms with Gasteiger partial charge in [0.2, 0.25) is 0 Å². The molecule has 0 aromatic heterocycles. The molecule has 0 unspecified atom stereocenters. The molecule has 0 N–H and O–H groups in total. The predicted molar refractivity (Wildman–Crippen MR) is 74.7 cm³/mol. The normalized spacial score (nSPS) is 33.3. The number of nitrogens with zero attached hydrogens (tertiary/aromatic N) is 1. The van der Waals surface area contributed by atoms with Crippen molar-refractivity contribution < 1.29 is 9.47 Å². The van der Waals surface area contributed by atoms with Crippen LogP contribution >= 0.6 is 0 Å². The number of hydrogen-bond donors (Lipinski definition) is 0. The molecule has 3 atom stereocenters. The highest BCUT2D eigenvalue weighted by Gasteiger charge is 2.51. The number of ether oxygens (including phenoxy) is 2. The monoisotopic (exact) mass is 259 g/mol. The van der Waals surface area contributed by atoms with Crippen LogP contribution in [0.25, 0.3) is 0 Å². The molecule has 2 heterocycles. The zero-order valence-electron chi connectivity index (χ0n) is 11.6. The van der Waals surface area contributed by atoms with Gasteiger partial charge in [-0.1, -0.05) is 36.4 Å². The molecule has 2 fully saturated rings. The van der Waals surface area contributed by atoms with Gasteiger partial charge >= 0.3 is 0 Å². The second-order valence-corrected chi connectivity index (χ2v) is 5.78. The lowest BCUT2D eigenvalue weighted by Crippen LogP contribution is -2.36. The highest BCUT2D eigenvalue weighted by atomic mass is 16.8. The molecule has 102 valence electrons. The van der Waals surface area contributed by atoms with Gasteiger partial charge in [0, 0.05) is 13.1 Å². The smallest absolute Gasteiger partial charge is 0.163 e. The largest absolute Gasteiger partial charge is 0.343 e. The lowest BCUT2D eigenvalue weighted by Gasteiger charge is -2.27. The molecule has 0 aliphatic carbocycles. The molecular formula is C16H21NO2. The van der Waals surface area contributed by atoms with Crippen molar-refractivity contribution in [3.8, 4) is 0 Å². The summed E-state index contributed by atoms with van der Waals surface area (Å²) in [7, 11) is 0. The Kier molecular flexibility index (Phi) is 3.21. The summed E-state index contributed by atoms with van der Waals surface area (Å²) >= 11 is 0. The second kappa shape index (κ2) is 4.75. The maximum absolute atomic E-state index is 6.01. The van der Waals surface area contributed by atoms with Crippen molar-refractivity contribution in [1.82, 2.24) is 4.90 Å². The van der Waals surface area contributed by atoms with Crippen molar-refractivity contribution in [2.75, 3.05) is 6.54 Å². The van der Waals surface area contributed by atoms with E-state index in [4.69, 9.17) is 9.47 Å². The van der Waals surface area contributed by atoms with E-state index in [1.807, 2.05) is 26.0 Å². The number of hydrogen-bond acceptors (Lipinski definition) is 3. The van der Waals surface area contributed by atoms with Crippen LogP contribution in [0.1, 0.15) is 19.4 Å². The predicted octanol–water partition coefficient (Wildman–Crippen LogP) is 2.58. The van der Waals surface area contributed by atoms with E-state index in [0.29, 0.717) is 0 Å². The fourth-order valence-corrected chi connectivity index (χ4v) is 3.13. The standard InChI is InChI=1S/C16H21NO2/c1-4-13-15-14(18-16(2,3)19-15)11-17(13)10-12-8-6-5-7-9-12/h4-9,13-15H,1,10-11H2,2-3H3/t13-,14+,15-/m1/s1. The van der Waals surface area contributed by atoms with Gasteiger partial charge < -0.3 is 9.47 Å². The topological polar surface area (TPSA) is 21.7 Å². The van der Waals surface area contributed by atoms with Gasteiger partial charge in [0.25, 0.3) is 0 Å². The van der Waals surface area contributed by atoms with E-state index < -0.39 is 5.79 Å². The Hall–Kier alpha value is -1.16. The van der Waals surface area contributed by atoms with Gasteiger partial charge in [0.05, 0.1) is 6.04 Å². The molecule has 2 aliphatic heterocycles. The molecule has 0 amide bonds. The molecule has 0 saturated carbocycles. The van der Waals surface area contributed by atoms with E-state index >= 15 is 0 Å². The van der Waals surface area contributed by atoms with Crippen LogP contribution in [0.2, 0.25) is 0 Å². The Labute approximate surface area is 114 Å². The van der Waals surface area contributed by atoms with Crippen molar-refractivity contribution in [3.63, 3.8) is 0 Å². The molecule has 0 spiro atoms. The Bertz CT molecular complexity index is 457. The van der Waals surface area contributed by atoms with Gasteiger partial charge in [0.1, 0.15) is 12.2 Å². The molecule has 0 bridgehead atoms. The lowest BCUT2D eigenvalue weighted by atomic mass is 10.1.